The van der Waals surface area contributed by atoms with Crippen molar-refractivity contribution in [3.8, 4) is 22.7 Å². The Kier molecular flexibility index (Phi) is 5.54. The highest BCUT2D eigenvalue weighted by Crippen LogP contribution is 2.33. The lowest BCUT2D eigenvalue weighted by molar-refractivity contribution is 0.0799. The molecule has 1 unspecified atom stereocenters. The van der Waals surface area contributed by atoms with E-state index < -0.39 is 0 Å². The number of benzene rings is 1. The Morgan fingerprint density at radius 3 is 2.47 bits per heavy atom. The van der Waals surface area contributed by atoms with Crippen LogP contribution in [0.4, 0.5) is 0 Å². The molecule has 0 amide bonds. The number of hydrogen-bond acceptors (Lipinski definition) is 10. The fourth-order valence-corrected chi connectivity index (χ4v) is 3.97. The van der Waals surface area contributed by atoms with Crippen LogP contribution in [0.15, 0.2) is 43.8 Å². The van der Waals surface area contributed by atoms with Gasteiger partial charge in [0.05, 0.1) is 12.6 Å². The van der Waals surface area contributed by atoms with Crippen molar-refractivity contribution in [3.63, 3.8) is 0 Å². The summed E-state index contributed by atoms with van der Waals surface area (Å²) in [6.45, 7) is 9.94. The summed E-state index contributed by atoms with van der Waals surface area (Å²) in [4.78, 5) is 9.00. The molecular weight excluding hydrogens is 410 g/mol. The highest BCUT2D eigenvalue weighted by molar-refractivity contribution is 5.77. The molecule has 0 N–H and O–H groups in total. The van der Waals surface area contributed by atoms with Crippen LogP contribution in [-0.4, -0.2) is 61.5 Å². The largest absolute Gasteiger partial charge is 0.419 e. The van der Waals surface area contributed by atoms with Crippen molar-refractivity contribution in [2.75, 3.05) is 26.2 Å². The minimum Gasteiger partial charge on any atom is -0.419 e. The van der Waals surface area contributed by atoms with Gasteiger partial charge in [0.2, 0.25) is 11.8 Å². The van der Waals surface area contributed by atoms with Crippen molar-refractivity contribution < 1.29 is 13.5 Å². The number of aromatic nitrogens is 5. The fourth-order valence-electron chi connectivity index (χ4n) is 3.97. The number of nitrogens with zero attached hydrogens (tertiary/aromatic N) is 7. The van der Waals surface area contributed by atoms with Gasteiger partial charge in [-0.1, -0.05) is 40.6 Å². The monoisotopic (exact) mass is 435 g/mol. The van der Waals surface area contributed by atoms with Crippen LogP contribution in [0.25, 0.3) is 22.7 Å². The molecule has 0 saturated carbocycles. The van der Waals surface area contributed by atoms with E-state index in [-0.39, 0.29) is 6.04 Å². The van der Waals surface area contributed by atoms with Gasteiger partial charge in [-0.05, 0) is 20.8 Å². The van der Waals surface area contributed by atoms with Crippen molar-refractivity contribution >= 4 is 0 Å². The zero-order valence-corrected chi connectivity index (χ0v) is 18.4. The Bertz CT molecular complexity index is 1180. The maximum absolute atomic E-state index is 6.01. The fraction of sp³-hybridized carbons (Fsp3) is 0.409. The molecule has 3 aromatic heterocycles. The van der Waals surface area contributed by atoms with E-state index in [0.29, 0.717) is 41.5 Å². The first-order valence-electron chi connectivity index (χ1n) is 10.7. The van der Waals surface area contributed by atoms with Crippen LogP contribution in [-0.2, 0) is 6.54 Å². The van der Waals surface area contributed by atoms with Gasteiger partial charge in [0.25, 0.3) is 5.89 Å². The van der Waals surface area contributed by atoms with Crippen LogP contribution in [0.3, 0.4) is 0 Å². The third-order valence-electron chi connectivity index (χ3n) is 5.80. The van der Waals surface area contributed by atoms with E-state index in [1.807, 2.05) is 44.2 Å². The van der Waals surface area contributed by atoms with E-state index in [1.54, 1.807) is 0 Å². The van der Waals surface area contributed by atoms with Crippen LogP contribution >= 0.6 is 0 Å². The molecule has 1 fully saturated rings. The number of hydrogen-bond donors (Lipinski definition) is 0. The molecule has 10 nitrogen and oxygen atoms in total. The molecule has 1 atom stereocenters. The smallest absolute Gasteiger partial charge is 0.253 e. The van der Waals surface area contributed by atoms with Gasteiger partial charge in [-0.2, -0.15) is 4.98 Å². The molecule has 0 spiro atoms. The lowest BCUT2D eigenvalue weighted by atomic mass is 10.1. The summed E-state index contributed by atoms with van der Waals surface area (Å²) < 4.78 is 16.8. The maximum Gasteiger partial charge on any atom is 0.253 e. The Morgan fingerprint density at radius 2 is 1.75 bits per heavy atom. The first-order valence-corrected chi connectivity index (χ1v) is 10.7. The Balaban J connectivity index is 1.24. The zero-order valence-electron chi connectivity index (χ0n) is 18.4. The van der Waals surface area contributed by atoms with E-state index >= 15 is 0 Å². The first kappa shape index (κ1) is 20.5. The maximum atomic E-state index is 6.01. The summed E-state index contributed by atoms with van der Waals surface area (Å²) in [6, 6.07) is 9.94. The van der Waals surface area contributed by atoms with Gasteiger partial charge in [-0.25, -0.2) is 0 Å². The second-order valence-electron chi connectivity index (χ2n) is 8.00. The van der Waals surface area contributed by atoms with Crippen LogP contribution in [0.1, 0.15) is 36.3 Å². The van der Waals surface area contributed by atoms with Crippen LogP contribution in [0.2, 0.25) is 0 Å². The van der Waals surface area contributed by atoms with Crippen molar-refractivity contribution in [2.24, 2.45) is 0 Å². The average Bonchev–Trinajstić information content (AvgIpc) is 3.54. The van der Waals surface area contributed by atoms with Crippen LogP contribution < -0.4 is 0 Å². The van der Waals surface area contributed by atoms with Gasteiger partial charge >= 0.3 is 0 Å². The first-order chi connectivity index (χ1) is 15.6. The van der Waals surface area contributed by atoms with E-state index in [4.69, 9.17) is 13.5 Å². The quantitative estimate of drug-likeness (QED) is 0.447. The molecule has 0 aliphatic carbocycles. The van der Waals surface area contributed by atoms with Gasteiger partial charge < -0.3 is 13.5 Å². The summed E-state index contributed by atoms with van der Waals surface area (Å²) in [5.41, 5.74) is 2.39. The summed E-state index contributed by atoms with van der Waals surface area (Å²) in [6.07, 6.45) is 0. The zero-order chi connectivity index (χ0) is 22.1. The minimum absolute atomic E-state index is 0.0985. The predicted octanol–water partition coefficient (Wildman–Crippen LogP) is 3.27. The van der Waals surface area contributed by atoms with Gasteiger partial charge in [0, 0.05) is 31.7 Å². The third-order valence-corrected chi connectivity index (χ3v) is 5.80. The minimum atomic E-state index is 0.0985. The number of piperazine rings is 1. The molecule has 0 bridgehead atoms. The average molecular weight is 435 g/mol. The third kappa shape index (κ3) is 4.06. The molecular formula is C22H25N7O3. The molecule has 4 aromatic rings. The SMILES string of the molecule is Cc1noc(C(C)N2CCN(Cc3nnc(-c4c(-c5ccccc5)noc4C)o3)CC2)n1. The molecule has 1 saturated heterocycles. The highest BCUT2D eigenvalue weighted by Gasteiger charge is 2.27. The predicted molar refractivity (Wildman–Crippen MR) is 114 cm³/mol. The Hall–Kier alpha value is -3.37. The number of aryl methyl sites for hydroxylation is 2. The molecule has 1 aromatic carbocycles. The van der Waals surface area contributed by atoms with Crippen molar-refractivity contribution in [2.45, 2.75) is 33.4 Å². The molecule has 0 radical (unpaired) electrons. The Labute approximate surface area is 185 Å². The van der Waals surface area contributed by atoms with Crippen LogP contribution in [0, 0.1) is 13.8 Å². The van der Waals surface area contributed by atoms with E-state index in [2.05, 4.69) is 42.2 Å². The Morgan fingerprint density at radius 1 is 0.969 bits per heavy atom. The van der Waals surface area contributed by atoms with Gasteiger partial charge in [0.15, 0.2) is 5.82 Å². The highest BCUT2D eigenvalue weighted by atomic mass is 16.5. The molecule has 5 rings (SSSR count). The summed E-state index contributed by atoms with van der Waals surface area (Å²) in [5, 5.41) is 16.6. The second-order valence-corrected chi connectivity index (χ2v) is 8.00. The van der Waals surface area contributed by atoms with E-state index in [9.17, 15) is 0 Å². The lowest BCUT2D eigenvalue weighted by Crippen LogP contribution is -2.46. The summed E-state index contributed by atoms with van der Waals surface area (Å²) >= 11 is 0. The van der Waals surface area contributed by atoms with Crippen molar-refractivity contribution in [1.82, 2.24) is 35.3 Å². The standard InChI is InChI=1S/C22H25N7O3/c1-14(21-23-16(3)26-32-21)29-11-9-28(10-12-29)13-18-24-25-22(30-18)19-15(2)31-27-20(19)17-7-5-4-6-8-17/h4-8,14H,9-13H2,1-3H3. The normalized spacial score (nSPS) is 16.5. The van der Waals surface area contributed by atoms with Crippen molar-refractivity contribution in [3.05, 3.63) is 53.7 Å². The van der Waals surface area contributed by atoms with E-state index in [1.165, 1.54) is 0 Å². The second kappa shape index (κ2) is 8.64. The summed E-state index contributed by atoms with van der Waals surface area (Å²) in [5.74, 6) is 2.98. The van der Waals surface area contributed by atoms with E-state index in [0.717, 1.165) is 37.3 Å². The molecule has 1 aliphatic rings. The molecule has 1 aliphatic heterocycles. The lowest BCUT2D eigenvalue weighted by Gasteiger charge is -2.36. The number of rotatable bonds is 6. The summed E-state index contributed by atoms with van der Waals surface area (Å²) in [7, 11) is 0. The molecule has 10 heteroatoms. The van der Waals surface area contributed by atoms with Crippen LogP contribution in [0.5, 0.6) is 0 Å². The topological polar surface area (TPSA) is 110 Å². The van der Waals surface area contributed by atoms with Gasteiger partial charge in [0.1, 0.15) is 17.0 Å². The molecule has 32 heavy (non-hydrogen) atoms. The molecule has 4 heterocycles. The van der Waals surface area contributed by atoms with Crippen molar-refractivity contribution in [1.29, 1.82) is 0 Å². The van der Waals surface area contributed by atoms with Gasteiger partial charge in [-0.3, -0.25) is 9.80 Å². The molecule has 166 valence electrons. The van der Waals surface area contributed by atoms with Gasteiger partial charge in [-0.15, -0.1) is 10.2 Å².